The molecule has 2 aromatic rings. The van der Waals surface area contributed by atoms with Crippen LogP contribution in [0.15, 0.2) is 12.7 Å². The number of nitrogens with zero attached hydrogens (tertiary/aromatic N) is 4. The van der Waals surface area contributed by atoms with Crippen LogP contribution in [-0.2, 0) is 9.53 Å². The fraction of sp³-hybridized carbons (Fsp3) is 0.500. The molecule has 0 unspecified atom stereocenters. The second-order valence-electron chi connectivity index (χ2n) is 4.85. The van der Waals surface area contributed by atoms with Gasteiger partial charge in [0.2, 0.25) is 5.88 Å². The predicted molar refractivity (Wildman–Crippen MR) is 76.7 cm³/mol. The molecule has 0 amide bonds. The van der Waals surface area contributed by atoms with Crippen molar-refractivity contribution in [2.45, 2.75) is 24.5 Å². The highest BCUT2D eigenvalue weighted by Crippen LogP contribution is 2.32. The van der Waals surface area contributed by atoms with Gasteiger partial charge < -0.3 is 36.0 Å². The van der Waals surface area contributed by atoms with E-state index in [0.29, 0.717) is 0 Å². The molecule has 0 aromatic carbocycles. The number of carboxylic acid groups (broad SMARTS) is 1. The van der Waals surface area contributed by atoms with E-state index >= 15 is 0 Å². The van der Waals surface area contributed by atoms with Gasteiger partial charge >= 0.3 is 5.97 Å². The maximum absolute atomic E-state index is 9.92. The Morgan fingerprint density at radius 3 is 2.50 bits per heavy atom. The molecule has 0 bridgehead atoms. The number of aliphatic hydroxyl groups excluding tert-OH is 3. The maximum atomic E-state index is 9.92. The molecule has 24 heavy (non-hydrogen) atoms. The maximum Gasteiger partial charge on any atom is 0.317 e. The Morgan fingerprint density at radius 2 is 1.96 bits per heavy atom. The molecule has 12 nitrogen and oxygen atoms in total. The van der Waals surface area contributed by atoms with Gasteiger partial charge in [-0.1, -0.05) is 0 Å². The first kappa shape index (κ1) is 18.0. The minimum Gasteiger partial charge on any atom is -0.492 e. The monoisotopic (exact) mass is 343 g/mol. The average molecular weight is 343 g/mol. The number of aliphatic hydroxyl groups is 3. The van der Waals surface area contributed by atoms with E-state index in [2.05, 4.69) is 20.7 Å². The van der Waals surface area contributed by atoms with Crippen molar-refractivity contribution in [3.05, 3.63) is 12.7 Å². The zero-order chi connectivity index (χ0) is 17.9. The third kappa shape index (κ3) is 3.42. The van der Waals surface area contributed by atoms with Crippen LogP contribution in [0.25, 0.3) is 11.2 Å². The normalized spacial score (nSPS) is 26.2. The van der Waals surface area contributed by atoms with E-state index in [0.717, 1.165) is 6.33 Å². The SMILES string of the molecule is NCC(=O)O.OC[C@H]1O[C@@H](n2cnc3c(O)ncnc32)[C@H](O)[C@@H]1O. The lowest BCUT2D eigenvalue weighted by atomic mass is 10.1. The predicted octanol–water partition coefficient (Wildman–Crippen LogP) is -2.83. The summed E-state index contributed by atoms with van der Waals surface area (Å²) >= 11 is 0. The third-order valence-electron chi connectivity index (χ3n) is 3.31. The molecular weight excluding hydrogens is 326 g/mol. The smallest absolute Gasteiger partial charge is 0.317 e. The van der Waals surface area contributed by atoms with Gasteiger partial charge in [-0.25, -0.2) is 9.97 Å². The van der Waals surface area contributed by atoms with Gasteiger partial charge in [-0.2, -0.15) is 4.98 Å². The minimum atomic E-state index is -1.23. The quantitative estimate of drug-likeness (QED) is 0.336. The number of hydrogen-bond donors (Lipinski definition) is 6. The Kier molecular flexibility index (Phi) is 5.58. The molecular formula is C12H17N5O7. The molecule has 0 spiro atoms. The summed E-state index contributed by atoms with van der Waals surface area (Å²) in [5, 5.41) is 45.8. The number of rotatable bonds is 3. The van der Waals surface area contributed by atoms with Gasteiger partial charge in [0, 0.05) is 0 Å². The van der Waals surface area contributed by atoms with E-state index in [9.17, 15) is 20.1 Å². The van der Waals surface area contributed by atoms with Gasteiger partial charge in [0.05, 0.1) is 19.5 Å². The number of carboxylic acids is 1. The van der Waals surface area contributed by atoms with Crippen molar-refractivity contribution in [3.63, 3.8) is 0 Å². The van der Waals surface area contributed by atoms with Gasteiger partial charge in [-0.05, 0) is 0 Å². The molecule has 2 aromatic heterocycles. The van der Waals surface area contributed by atoms with Crippen molar-refractivity contribution < 1.29 is 35.1 Å². The lowest BCUT2D eigenvalue weighted by Crippen LogP contribution is -2.33. The Balaban J connectivity index is 0.000000368. The number of imidazole rings is 1. The fourth-order valence-corrected chi connectivity index (χ4v) is 2.14. The number of aromatic hydroxyl groups is 1. The lowest BCUT2D eigenvalue weighted by molar-refractivity contribution is -0.135. The van der Waals surface area contributed by atoms with Gasteiger partial charge in [-0.15, -0.1) is 0 Å². The average Bonchev–Trinajstić information content (AvgIpc) is 3.11. The summed E-state index contributed by atoms with van der Waals surface area (Å²) in [6.45, 7) is -0.693. The van der Waals surface area contributed by atoms with E-state index in [1.54, 1.807) is 0 Å². The molecule has 4 atom stereocenters. The number of carbonyl (C=O) groups is 1. The van der Waals surface area contributed by atoms with Crippen LogP contribution in [-0.4, -0.2) is 82.5 Å². The van der Waals surface area contributed by atoms with Crippen LogP contribution in [0.3, 0.4) is 0 Å². The number of nitrogens with two attached hydrogens (primary N) is 1. The lowest BCUT2D eigenvalue weighted by Gasteiger charge is -2.16. The second kappa shape index (κ2) is 7.46. The summed E-state index contributed by atoms with van der Waals surface area (Å²) in [5.41, 5.74) is 5.00. The van der Waals surface area contributed by atoms with Crippen LogP contribution in [0.5, 0.6) is 5.88 Å². The highest BCUT2D eigenvalue weighted by Gasteiger charge is 2.43. The largest absolute Gasteiger partial charge is 0.492 e. The Hall–Kier alpha value is -2.38. The molecule has 1 saturated heterocycles. The van der Waals surface area contributed by atoms with Gasteiger partial charge in [0.1, 0.15) is 24.6 Å². The number of hydrogen-bond acceptors (Lipinski definition) is 10. The molecule has 12 heteroatoms. The third-order valence-corrected chi connectivity index (χ3v) is 3.31. The van der Waals surface area contributed by atoms with Crippen molar-refractivity contribution in [1.82, 2.24) is 19.5 Å². The highest BCUT2D eigenvalue weighted by atomic mass is 16.6. The van der Waals surface area contributed by atoms with Crippen LogP contribution >= 0.6 is 0 Å². The zero-order valence-electron chi connectivity index (χ0n) is 12.3. The van der Waals surface area contributed by atoms with E-state index < -0.39 is 37.1 Å². The number of aromatic nitrogens is 4. The Morgan fingerprint density at radius 1 is 1.29 bits per heavy atom. The summed E-state index contributed by atoms with van der Waals surface area (Å²) < 4.78 is 6.73. The van der Waals surface area contributed by atoms with Gasteiger partial charge in [0.15, 0.2) is 17.4 Å². The number of aliphatic carboxylic acids is 1. The summed E-state index contributed by atoms with van der Waals surface area (Å²) in [6.07, 6.45) is -1.79. The van der Waals surface area contributed by atoms with Crippen molar-refractivity contribution in [2.24, 2.45) is 5.73 Å². The van der Waals surface area contributed by atoms with E-state index in [1.165, 1.54) is 10.9 Å². The van der Waals surface area contributed by atoms with Crippen molar-refractivity contribution in [3.8, 4) is 5.88 Å². The van der Waals surface area contributed by atoms with E-state index in [4.69, 9.17) is 14.9 Å². The molecule has 7 N–H and O–H groups in total. The van der Waals surface area contributed by atoms with Crippen LogP contribution in [0, 0.1) is 0 Å². The van der Waals surface area contributed by atoms with Crippen LogP contribution < -0.4 is 5.73 Å². The number of ether oxygens (including phenoxy) is 1. The zero-order valence-corrected chi connectivity index (χ0v) is 12.3. The van der Waals surface area contributed by atoms with E-state index in [1.807, 2.05) is 0 Å². The van der Waals surface area contributed by atoms with Crippen molar-refractivity contribution in [1.29, 1.82) is 0 Å². The highest BCUT2D eigenvalue weighted by molar-refractivity contribution is 5.75. The molecule has 1 fully saturated rings. The van der Waals surface area contributed by atoms with Crippen LogP contribution in [0.4, 0.5) is 0 Å². The van der Waals surface area contributed by atoms with Crippen LogP contribution in [0.1, 0.15) is 6.23 Å². The summed E-state index contributed by atoms with van der Waals surface area (Å²) in [4.78, 5) is 20.7. The summed E-state index contributed by atoms with van der Waals surface area (Å²) in [5.74, 6) is -1.25. The minimum absolute atomic E-state index is 0.167. The first-order valence-electron chi connectivity index (χ1n) is 6.81. The molecule has 132 valence electrons. The van der Waals surface area contributed by atoms with E-state index in [-0.39, 0.29) is 23.6 Å². The molecule has 0 aliphatic carbocycles. The fourth-order valence-electron chi connectivity index (χ4n) is 2.14. The topological polar surface area (TPSA) is 197 Å². The van der Waals surface area contributed by atoms with Crippen LogP contribution in [0.2, 0.25) is 0 Å². The molecule has 3 rings (SSSR count). The van der Waals surface area contributed by atoms with Crippen molar-refractivity contribution in [2.75, 3.05) is 13.2 Å². The molecule has 1 aliphatic heterocycles. The molecule has 0 radical (unpaired) electrons. The van der Waals surface area contributed by atoms with Crippen molar-refractivity contribution >= 4 is 17.1 Å². The molecule has 3 heterocycles. The molecule has 0 saturated carbocycles. The summed E-state index contributed by atoms with van der Waals surface area (Å²) in [7, 11) is 0. The first-order valence-corrected chi connectivity index (χ1v) is 6.81. The first-order chi connectivity index (χ1) is 11.4. The Labute approximate surface area is 134 Å². The second-order valence-corrected chi connectivity index (χ2v) is 4.85. The number of fused-ring (bicyclic) bond motifs is 1. The Bertz CT molecular complexity index is 708. The summed E-state index contributed by atoms with van der Waals surface area (Å²) in [6, 6.07) is 0. The van der Waals surface area contributed by atoms with Gasteiger partial charge in [0.25, 0.3) is 0 Å². The molecule has 1 aliphatic rings. The van der Waals surface area contributed by atoms with Gasteiger partial charge in [-0.3, -0.25) is 9.36 Å². The standard InChI is InChI=1S/C10H12N4O5.C2H5NO2/c15-1-4-6(16)7(17)10(19-4)14-3-13-5-8(14)11-2-12-9(5)18;3-1-2(4)5/h2-4,6-7,10,15-17H,1H2,(H,11,12,18);1,3H2,(H,4,5)/t4-,6-,7-,10-;/m1./s1.